The summed E-state index contributed by atoms with van der Waals surface area (Å²) in [6.07, 6.45) is 0.775. The molecule has 21 nitrogen and oxygen atoms in total. The fourth-order valence-electron chi connectivity index (χ4n) is 3.50. The molecule has 0 radical (unpaired) electrons. The number of ether oxygens (including phenoxy) is 1. The van der Waals surface area contributed by atoms with Crippen LogP contribution in [0.4, 0.5) is 5.82 Å². The predicted molar refractivity (Wildman–Crippen MR) is 127 cm³/mol. The highest BCUT2D eigenvalue weighted by Crippen LogP contribution is 2.66. The maximum atomic E-state index is 12.0. The Kier molecular flexibility index (Phi) is 11.7. The Morgan fingerprint density at radius 2 is 1.54 bits per heavy atom. The molecule has 41 heavy (non-hydrogen) atoms. The average molecular weight is 666 g/mol. The van der Waals surface area contributed by atoms with Crippen molar-refractivity contribution in [1.82, 2.24) is 19.5 Å². The summed E-state index contributed by atoms with van der Waals surface area (Å²) in [4.78, 5) is 59.1. The van der Waals surface area contributed by atoms with Crippen LogP contribution in [0.2, 0.25) is 0 Å². The lowest BCUT2D eigenvalue weighted by molar-refractivity contribution is -0.254. The van der Waals surface area contributed by atoms with Crippen molar-refractivity contribution in [1.29, 1.82) is 0 Å². The molecular weight excluding hydrogens is 640 g/mol. The Morgan fingerprint density at radius 1 is 0.927 bits per heavy atom. The molecule has 1 aliphatic heterocycles. The van der Waals surface area contributed by atoms with Gasteiger partial charge in [-0.25, -0.2) is 27.9 Å². The van der Waals surface area contributed by atoms with Gasteiger partial charge in [0, 0.05) is 6.42 Å². The largest absolute Gasteiger partial charge is 0.756 e. The second-order valence-electron chi connectivity index (χ2n) is 8.38. The van der Waals surface area contributed by atoms with Crippen LogP contribution in [0.1, 0.15) is 38.3 Å². The van der Waals surface area contributed by atoms with E-state index >= 15 is 0 Å². The Bertz CT molecular complexity index is 1380. The third-order valence-corrected chi connectivity index (χ3v) is 11.0. The van der Waals surface area contributed by atoms with Crippen molar-refractivity contribution < 1.29 is 69.7 Å². The first kappa shape index (κ1) is 34.3. The third kappa shape index (κ3) is 10.5. The number of nitrogen functional groups attached to an aromatic ring is 1. The molecule has 3 heterocycles. The van der Waals surface area contributed by atoms with E-state index in [9.17, 15) is 42.9 Å². The van der Waals surface area contributed by atoms with Crippen LogP contribution in [-0.4, -0.2) is 56.6 Å². The van der Waals surface area contributed by atoms with Crippen molar-refractivity contribution in [3.8, 4) is 0 Å². The van der Waals surface area contributed by atoms with Crippen LogP contribution < -0.4 is 31.0 Å². The fourth-order valence-corrected chi connectivity index (χ4v) is 8.28. The summed E-state index contributed by atoms with van der Waals surface area (Å²) >= 11 is 0. The lowest BCUT2D eigenvalue weighted by Crippen LogP contribution is -2.27. The molecule has 3 rings (SSSR count). The van der Waals surface area contributed by atoms with Gasteiger partial charge in [-0.15, -0.1) is 0 Å². The third-order valence-electron chi connectivity index (χ3n) is 5.25. The molecule has 0 spiro atoms. The first-order valence-electron chi connectivity index (χ1n) is 11.7. The fraction of sp³-hybridized carbons (Fsp3) is 0.688. The van der Waals surface area contributed by atoms with E-state index < -0.39 is 62.9 Å². The number of imidazole rings is 1. The Labute approximate surface area is 232 Å². The van der Waals surface area contributed by atoms with Crippen molar-refractivity contribution in [2.45, 2.75) is 50.5 Å². The summed E-state index contributed by atoms with van der Waals surface area (Å²) in [6.45, 7) is -1.05. The molecule has 1 saturated heterocycles. The standard InChI is InChI=1S/C16H30N6O15P4/c17-5-3-1-2-4-6-32-38(24,25)35-40(28,29)37-41(30,31)36-39(26,27)33-8-12-11(23)7-13(34-12)22-10-21-14-15(18)19-9-20-16(14)22/h9-13,23H,1-8,17H2,(H,24,25)(H,26,27)(H,28,29)(H,30,31)(H2,18,19,20)/p-4/t11?,12-,13-/m1/s1. The van der Waals surface area contributed by atoms with Gasteiger partial charge < -0.3 is 49.9 Å². The normalized spacial score (nSPS) is 25.4. The number of phosphoric ester groups is 2. The summed E-state index contributed by atoms with van der Waals surface area (Å²) in [5.41, 5.74) is 11.5. The molecule has 2 aromatic heterocycles. The molecule has 0 bridgehead atoms. The second-order valence-corrected chi connectivity index (χ2v) is 14.4. The van der Waals surface area contributed by atoms with E-state index in [0.717, 1.165) is 6.33 Å². The zero-order valence-corrected chi connectivity index (χ0v) is 24.5. The number of aliphatic hydroxyl groups is 1. The van der Waals surface area contributed by atoms with Crippen LogP contribution in [0.25, 0.3) is 11.2 Å². The number of unbranched alkanes of at least 4 members (excludes halogenated alkanes) is 3. The molecule has 0 aromatic carbocycles. The number of phosphoric acid groups is 4. The van der Waals surface area contributed by atoms with Crippen LogP contribution in [0.5, 0.6) is 0 Å². The zero-order valence-electron chi connectivity index (χ0n) is 20.9. The highest BCUT2D eigenvalue weighted by molar-refractivity contribution is 7.68. The van der Waals surface area contributed by atoms with Gasteiger partial charge in [-0.3, -0.25) is 22.8 Å². The van der Waals surface area contributed by atoms with Gasteiger partial charge in [0.25, 0.3) is 31.3 Å². The van der Waals surface area contributed by atoms with E-state index in [0.29, 0.717) is 25.8 Å². The van der Waals surface area contributed by atoms with E-state index in [4.69, 9.17) is 16.2 Å². The van der Waals surface area contributed by atoms with Gasteiger partial charge >= 0.3 is 0 Å². The quantitative estimate of drug-likeness (QED) is 0.128. The minimum atomic E-state index is -6.35. The number of nitrogens with two attached hydrogens (primary N) is 2. The van der Waals surface area contributed by atoms with E-state index in [1.807, 2.05) is 0 Å². The molecule has 1 aliphatic rings. The number of aromatic nitrogens is 4. The van der Waals surface area contributed by atoms with Crippen molar-refractivity contribution in [2.24, 2.45) is 5.73 Å². The van der Waals surface area contributed by atoms with E-state index in [2.05, 4.69) is 36.9 Å². The number of anilines is 1. The average Bonchev–Trinajstić information content (AvgIpc) is 3.41. The van der Waals surface area contributed by atoms with Gasteiger partial charge in [0.1, 0.15) is 24.2 Å². The smallest absolute Gasteiger partial charge is 0.280 e. The van der Waals surface area contributed by atoms with Gasteiger partial charge in [-0.2, -0.15) is 0 Å². The number of aliphatic hydroxyl groups excluding tert-OH is 1. The Morgan fingerprint density at radius 3 is 2.20 bits per heavy atom. The molecule has 7 atom stereocenters. The minimum Gasteiger partial charge on any atom is -0.756 e. The summed E-state index contributed by atoms with van der Waals surface area (Å²) in [6, 6.07) is 0. The molecule has 2 aromatic rings. The van der Waals surface area contributed by atoms with Gasteiger partial charge in [-0.1, -0.05) is 12.8 Å². The Hall–Kier alpha value is -1.21. The molecule has 1 fully saturated rings. The lowest BCUT2D eigenvalue weighted by atomic mass is 10.2. The van der Waals surface area contributed by atoms with Crippen molar-refractivity contribution in [2.75, 3.05) is 25.5 Å². The number of fused-ring (bicyclic) bond motifs is 1. The van der Waals surface area contributed by atoms with Crippen LogP contribution in [-0.2, 0) is 45.0 Å². The first-order chi connectivity index (χ1) is 19.0. The first-order valence-corrected chi connectivity index (χ1v) is 17.5. The number of hydrogen-bond acceptors (Lipinski definition) is 20. The molecule has 0 saturated carbocycles. The van der Waals surface area contributed by atoms with Crippen LogP contribution in [0, 0.1) is 0 Å². The van der Waals surface area contributed by atoms with Gasteiger partial charge in [0.2, 0.25) is 0 Å². The lowest BCUT2D eigenvalue weighted by Gasteiger charge is -2.36. The zero-order chi connectivity index (χ0) is 30.5. The SMILES string of the molecule is NCCCCCCOP(=O)([O-])OP(=O)([O-])OP(=O)([O-])OP(=O)([O-])OC[C@H]1O[C@@H](n2cnc3c(N)ncnc32)CC1O. The number of hydrogen-bond donors (Lipinski definition) is 3. The summed E-state index contributed by atoms with van der Waals surface area (Å²) in [5.74, 6) is 0.0774. The van der Waals surface area contributed by atoms with Crippen LogP contribution >= 0.6 is 31.3 Å². The summed E-state index contributed by atoms with van der Waals surface area (Å²) in [5, 5.41) is 10.3. The predicted octanol–water partition coefficient (Wildman–Crippen LogP) is -1.47. The van der Waals surface area contributed by atoms with E-state index in [1.165, 1.54) is 10.9 Å². The highest BCUT2D eigenvalue weighted by Gasteiger charge is 2.37. The number of rotatable bonds is 17. The van der Waals surface area contributed by atoms with Gasteiger partial charge in [0.15, 0.2) is 11.5 Å². The summed E-state index contributed by atoms with van der Waals surface area (Å²) < 4.78 is 73.7. The molecule has 0 amide bonds. The van der Waals surface area contributed by atoms with Gasteiger partial charge in [-0.05, 0) is 19.4 Å². The maximum absolute atomic E-state index is 12.0. The number of nitrogens with zero attached hydrogens (tertiary/aromatic N) is 4. The van der Waals surface area contributed by atoms with E-state index in [1.54, 1.807) is 0 Å². The molecule has 5 N–H and O–H groups in total. The molecular formula is C16H26N6O15P4-4. The van der Waals surface area contributed by atoms with Gasteiger partial charge in [0.05, 0.1) is 25.6 Å². The minimum absolute atomic E-state index is 0.0774. The van der Waals surface area contributed by atoms with Crippen LogP contribution in [0.3, 0.4) is 0 Å². The topological polar surface area (TPSA) is 332 Å². The second kappa shape index (κ2) is 14.1. The molecule has 0 aliphatic carbocycles. The van der Waals surface area contributed by atoms with Crippen molar-refractivity contribution in [3.63, 3.8) is 0 Å². The monoisotopic (exact) mass is 666 g/mol. The molecule has 25 heteroatoms. The maximum Gasteiger partial charge on any atom is 0.280 e. The van der Waals surface area contributed by atoms with E-state index in [-0.39, 0.29) is 29.8 Å². The van der Waals surface area contributed by atoms with Crippen LogP contribution in [0.15, 0.2) is 12.7 Å². The molecule has 5 unspecified atom stereocenters. The molecule has 234 valence electrons. The highest BCUT2D eigenvalue weighted by atomic mass is 31.3. The Balaban J connectivity index is 1.51. The van der Waals surface area contributed by atoms with Crippen molar-refractivity contribution >= 4 is 48.3 Å². The summed E-state index contributed by atoms with van der Waals surface area (Å²) in [7, 11) is -24.1. The van der Waals surface area contributed by atoms with Crippen molar-refractivity contribution in [3.05, 3.63) is 12.7 Å².